The van der Waals surface area contributed by atoms with Crippen LogP contribution in [0.5, 0.6) is 5.75 Å². The maximum Gasteiger partial charge on any atom is 0.147 e. The molecule has 0 unspecified atom stereocenters. The van der Waals surface area contributed by atoms with Gasteiger partial charge in [0.15, 0.2) is 0 Å². The molecule has 0 amide bonds. The lowest BCUT2D eigenvalue weighted by atomic mass is 10.1. The number of aromatic nitrogens is 2. The Morgan fingerprint density at radius 2 is 1.91 bits per heavy atom. The van der Waals surface area contributed by atoms with Crippen LogP contribution < -0.4 is 15.8 Å². The van der Waals surface area contributed by atoms with E-state index >= 15 is 0 Å². The topological polar surface area (TPSA) is 73.4 Å². The van der Waals surface area contributed by atoms with Gasteiger partial charge in [0.1, 0.15) is 24.6 Å². The van der Waals surface area contributed by atoms with E-state index in [4.69, 9.17) is 16.9 Å². The Balaban J connectivity index is 1.67. The summed E-state index contributed by atoms with van der Waals surface area (Å²) in [5.74, 6) is 3.46. The van der Waals surface area contributed by atoms with E-state index < -0.39 is 7.14 Å². The largest absolute Gasteiger partial charge is 0.489 e. The van der Waals surface area contributed by atoms with Crippen molar-refractivity contribution in [3.63, 3.8) is 0 Å². The highest BCUT2D eigenvalue weighted by atomic mass is 31.2. The molecular formula is C28H29N4O2P. The lowest BCUT2D eigenvalue weighted by molar-refractivity contribution is 0.208. The molecule has 1 atom stereocenters. The number of nitrogens with two attached hydrogens (primary N) is 1. The highest BCUT2D eigenvalue weighted by molar-refractivity contribution is 7.70. The van der Waals surface area contributed by atoms with Gasteiger partial charge >= 0.3 is 0 Å². The summed E-state index contributed by atoms with van der Waals surface area (Å²) in [6, 6.07) is 17.8. The minimum absolute atomic E-state index is 0.207. The maximum atomic E-state index is 13.2. The van der Waals surface area contributed by atoms with Gasteiger partial charge in [0.05, 0.1) is 22.6 Å². The number of rotatable bonds is 5. The van der Waals surface area contributed by atoms with Crippen molar-refractivity contribution < 1.29 is 9.30 Å². The minimum atomic E-state index is -2.58. The van der Waals surface area contributed by atoms with Crippen LogP contribution in [0.15, 0.2) is 60.8 Å². The van der Waals surface area contributed by atoms with Gasteiger partial charge in [0, 0.05) is 30.0 Å². The van der Waals surface area contributed by atoms with Crippen LogP contribution in [0.2, 0.25) is 0 Å². The third-order valence-electron chi connectivity index (χ3n) is 6.53. The number of ether oxygens (including phenoxy) is 1. The predicted molar refractivity (Wildman–Crippen MR) is 144 cm³/mol. The number of likely N-dealkylation sites (tertiary alicyclic amines) is 1. The standard InChI is InChI=1S/C28H29N4O2P/c1-5-19-17-30-28-23(27(19)29)16-25(32(28)24-8-6-7-9-26(24)35(3,4)33)20-10-12-21(13-11-20)34-22-14-15-31(2)18-22/h1,6-13,16-17,22H,14-15,18H2,2-4H3,(H2,29,30)/t22-/m1/s1. The average Bonchev–Trinajstić information content (AvgIpc) is 3.43. The molecule has 6 nitrogen and oxygen atoms in total. The monoisotopic (exact) mass is 484 g/mol. The first-order chi connectivity index (χ1) is 16.8. The summed E-state index contributed by atoms with van der Waals surface area (Å²) in [5, 5.41) is 1.55. The summed E-state index contributed by atoms with van der Waals surface area (Å²) in [6.45, 7) is 5.54. The third kappa shape index (κ3) is 4.34. The fraction of sp³-hybridized carbons (Fsp3) is 0.250. The molecule has 4 aromatic rings. The molecule has 1 aliphatic rings. The van der Waals surface area contributed by atoms with Crippen molar-refractivity contribution >= 4 is 29.2 Å². The van der Waals surface area contributed by atoms with E-state index in [0.29, 0.717) is 16.9 Å². The number of anilines is 1. The molecule has 0 saturated carbocycles. The predicted octanol–water partition coefficient (Wildman–Crippen LogP) is 4.59. The molecule has 1 fully saturated rings. The number of pyridine rings is 1. The van der Waals surface area contributed by atoms with Crippen LogP contribution in [-0.4, -0.2) is 54.0 Å². The summed E-state index contributed by atoms with van der Waals surface area (Å²) < 4.78 is 21.4. The molecule has 178 valence electrons. The fourth-order valence-corrected chi connectivity index (χ4v) is 5.90. The quantitative estimate of drug-likeness (QED) is 0.331. The minimum Gasteiger partial charge on any atom is -0.489 e. The van der Waals surface area contributed by atoms with E-state index in [1.165, 1.54) is 0 Å². The van der Waals surface area contributed by atoms with Crippen molar-refractivity contribution in [3.05, 3.63) is 66.4 Å². The maximum absolute atomic E-state index is 13.2. The third-order valence-corrected chi connectivity index (χ3v) is 8.07. The molecule has 2 aromatic carbocycles. The molecule has 1 aliphatic heterocycles. The fourth-order valence-electron chi connectivity index (χ4n) is 4.73. The molecule has 3 heterocycles. The van der Waals surface area contributed by atoms with Crippen molar-refractivity contribution in [2.45, 2.75) is 12.5 Å². The second kappa shape index (κ2) is 8.92. The van der Waals surface area contributed by atoms with Gasteiger partial charge in [-0.1, -0.05) is 18.1 Å². The number of benzene rings is 2. The molecule has 0 spiro atoms. The van der Waals surface area contributed by atoms with E-state index in [1.807, 2.05) is 59.2 Å². The van der Waals surface area contributed by atoms with E-state index in [1.54, 1.807) is 19.5 Å². The highest BCUT2D eigenvalue weighted by Crippen LogP contribution is 2.40. The van der Waals surface area contributed by atoms with Gasteiger partial charge in [-0.2, -0.15) is 0 Å². The van der Waals surface area contributed by atoms with Gasteiger partial charge in [0.2, 0.25) is 0 Å². The number of fused-ring (bicyclic) bond motifs is 1. The van der Waals surface area contributed by atoms with Crippen LogP contribution >= 0.6 is 7.14 Å². The zero-order valence-electron chi connectivity index (χ0n) is 20.2. The molecular weight excluding hydrogens is 455 g/mol. The number of hydrogen-bond donors (Lipinski definition) is 1. The van der Waals surface area contributed by atoms with Crippen LogP contribution in [0, 0.1) is 12.3 Å². The van der Waals surface area contributed by atoms with E-state index in [9.17, 15) is 4.57 Å². The Bertz CT molecular complexity index is 1490. The first-order valence-electron chi connectivity index (χ1n) is 11.6. The number of nitrogen functional groups attached to an aromatic ring is 1. The molecule has 0 aliphatic carbocycles. The second-order valence-corrected chi connectivity index (χ2v) is 12.7. The van der Waals surface area contributed by atoms with Crippen molar-refractivity contribution in [1.82, 2.24) is 14.5 Å². The number of para-hydroxylation sites is 1. The molecule has 2 aromatic heterocycles. The van der Waals surface area contributed by atoms with E-state index in [-0.39, 0.29) is 6.10 Å². The molecule has 35 heavy (non-hydrogen) atoms. The Morgan fingerprint density at radius 1 is 1.17 bits per heavy atom. The zero-order chi connectivity index (χ0) is 24.7. The van der Waals surface area contributed by atoms with Gasteiger partial charge in [-0.25, -0.2) is 4.98 Å². The normalized spacial score (nSPS) is 16.5. The first kappa shape index (κ1) is 23.2. The van der Waals surface area contributed by atoms with Crippen LogP contribution in [-0.2, 0) is 4.57 Å². The van der Waals surface area contributed by atoms with E-state index in [0.717, 1.165) is 52.9 Å². The lowest BCUT2D eigenvalue weighted by Gasteiger charge is -2.18. The zero-order valence-corrected chi connectivity index (χ0v) is 21.1. The van der Waals surface area contributed by atoms with Crippen molar-refractivity contribution in [2.75, 3.05) is 39.2 Å². The molecule has 7 heteroatoms. The van der Waals surface area contributed by atoms with E-state index in [2.05, 4.69) is 22.9 Å². The summed E-state index contributed by atoms with van der Waals surface area (Å²) >= 11 is 0. The van der Waals surface area contributed by atoms with Gasteiger partial charge in [-0.05, 0) is 74.8 Å². The first-order valence-corrected chi connectivity index (χ1v) is 14.2. The van der Waals surface area contributed by atoms with Crippen molar-refractivity contribution in [2.24, 2.45) is 0 Å². The average molecular weight is 485 g/mol. The molecule has 1 saturated heterocycles. The van der Waals surface area contributed by atoms with Gasteiger partial charge < -0.3 is 19.9 Å². The Morgan fingerprint density at radius 3 is 2.57 bits per heavy atom. The van der Waals surface area contributed by atoms with Gasteiger partial charge in [-0.3, -0.25) is 4.57 Å². The van der Waals surface area contributed by atoms with Gasteiger partial charge in [-0.15, -0.1) is 6.42 Å². The lowest BCUT2D eigenvalue weighted by Crippen LogP contribution is -2.21. The number of likely N-dealkylation sites (N-methyl/N-ethyl adjacent to an activating group) is 1. The number of hydrogen-bond acceptors (Lipinski definition) is 5. The summed E-state index contributed by atoms with van der Waals surface area (Å²) in [6.07, 6.45) is 8.50. The van der Waals surface area contributed by atoms with Crippen LogP contribution in [0.4, 0.5) is 5.69 Å². The SMILES string of the molecule is C#Cc1cnc2c(cc(-c3ccc(O[C@@H]4CCN(C)C4)cc3)n2-c2ccccc2P(C)(C)=O)c1N. The Labute approximate surface area is 206 Å². The van der Waals surface area contributed by atoms with Crippen molar-refractivity contribution in [1.29, 1.82) is 0 Å². The molecule has 0 radical (unpaired) electrons. The van der Waals surface area contributed by atoms with Crippen LogP contribution in [0.3, 0.4) is 0 Å². The Kier molecular flexibility index (Phi) is 5.92. The number of terminal acetylenes is 1. The molecule has 5 rings (SSSR count). The summed E-state index contributed by atoms with van der Waals surface area (Å²) in [7, 11) is -0.469. The smallest absolute Gasteiger partial charge is 0.147 e. The van der Waals surface area contributed by atoms with Crippen LogP contribution in [0.25, 0.3) is 28.0 Å². The Hall–Kier alpha value is -3.52. The summed E-state index contributed by atoms with van der Waals surface area (Å²) in [4.78, 5) is 6.95. The van der Waals surface area contributed by atoms with Crippen molar-refractivity contribution in [3.8, 4) is 35.0 Å². The second-order valence-electron chi connectivity index (χ2n) is 9.49. The summed E-state index contributed by atoms with van der Waals surface area (Å²) in [5.41, 5.74) is 10.9. The highest BCUT2D eigenvalue weighted by Gasteiger charge is 2.23. The van der Waals surface area contributed by atoms with Gasteiger partial charge in [0.25, 0.3) is 0 Å². The molecule has 2 N–H and O–H groups in total. The molecule has 0 bridgehead atoms. The van der Waals surface area contributed by atoms with Crippen LogP contribution in [0.1, 0.15) is 12.0 Å². The number of nitrogens with zero attached hydrogens (tertiary/aromatic N) is 3.